The van der Waals surface area contributed by atoms with E-state index in [0.717, 1.165) is 32.4 Å². The molecule has 94 valence electrons. The number of piperidine rings is 1. The number of thiocarbonyl (C=S) groups is 1. The lowest BCUT2D eigenvalue weighted by Gasteiger charge is -2.32. The maximum atomic E-state index is 8.93. The third-order valence-corrected chi connectivity index (χ3v) is 3.49. The van der Waals surface area contributed by atoms with Crippen molar-refractivity contribution in [2.24, 2.45) is 11.7 Å². The zero-order chi connectivity index (χ0) is 11.8. The molecule has 1 rings (SSSR count). The molecule has 1 atom stereocenters. The van der Waals surface area contributed by atoms with Crippen LogP contribution in [-0.2, 0) is 0 Å². The molecule has 0 spiro atoms. The molecule has 4 heteroatoms. The molecule has 1 aliphatic heterocycles. The maximum Gasteiger partial charge on any atom is 0.0727 e. The summed E-state index contributed by atoms with van der Waals surface area (Å²) < 4.78 is 0. The summed E-state index contributed by atoms with van der Waals surface area (Å²) in [5, 5.41) is 8.93. The van der Waals surface area contributed by atoms with Gasteiger partial charge in [-0.1, -0.05) is 12.2 Å². The lowest BCUT2D eigenvalue weighted by atomic mass is 9.95. The standard InChI is InChI=1S/C12H24N2OS/c13-12(16)5-1-2-7-14-8-3-4-11(10-14)6-9-15/h11,15H,1-10H2,(H2,13,16). The summed E-state index contributed by atoms with van der Waals surface area (Å²) in [5.41, 5.74) is 5.46. The van der Waals surface area contributed by atoms with Crippen molar-refractivity contribution in [1.82, 2.24) is 4.90 Å². The van der Waals surface area contributed by atoms with E-state index in [9.17, 15) is 0 Å². The van der Waals surface area contributed by atoms with E-state index < -0.39 is 0 Å². The molecular formula is C12H24N2OS. The van der Waals surface area contributed by atoms with Crippen molar-refractivity contribution in [3.8, 4) is 0 Å². The summed E-state index contributed by atoms with van der Waals surface area (Å²) in [6.45, 7) is 3.87. The Labute approximate surface area is 104 Å². The molecular weight excluding hydrogens is 220 g/mol. The van der Waals surface area contributed by atoms with Crippen molar-refractivity contribution in [1.29, 1.82) is 0 Å². The molecule has 0 amide bonds. The van der Waals surface area contributed by atoms with Gasteiger partial charge in [0, 0.05) is 13.2 Å². The number of nitrogens with two attached hydrogens (primary N) is 1. The van der Waals surface area contributed by atoms with Gasteiger partial charge < -0.3 is 15.7 Å². The van der Waals surface area contributed by atoms with Gasteiger partial charge in [-0.05, 0) is 57.5 Å². The summed E-state index contributed by atoms with van der Waals surface area (Å²) in [5.74, 6) is 0.703. The highest BCUT2D eigenvalue weighted by Crippen LogP contribution is 2.19. The number of nitrogens with zero attached hydrogens (tertiary/aromatic N) is 1. The summed E-state index contributed by atoms with van der Waals surface area (Å²) in [6, 6.07) is 0. The van der Waals surface area contributed by atoms with Gasteiger partial charge in [-0.15, -0.1) is 0 Å². The van der Waals surface area contributed by atoms with Crippen molar-refractivity contribution >= 4 is 17.2 Å². The van der Waals surface area contributed by atoms with Crippen LogP contribution in [0.3, 0.4) is 0 Å². The quantitative estimate of drug-likeness (QED) is 0.527. The van der Waals surface area contributed by atoms with Gasteiger partial charge in [0.05, 0.1) is 4.99 Å². The van der Waals surface area contributed by atoms with Gasteiger partial charge in [-0.25, -0.2) is 0 Å². The fourth-order valence-corrected chi connectivity index (χ4v) is 2.55. The Morgan fingerprint density at radius 1 is 1.44 bits per heavy atom. The van der Waals surface area contributed by atoms with Crippen LogP contribution >= 0.6 is 12.2 Å². The van der Waals surface area contributed by atoms with E-state index >= 15 is 0 Å². The molecule has 0 aromatic heterocycles. The van der Waals surface area contributed by atoms with Crippen LogP contribution in [0, 0.1) is 5.92 Å². The van der Waals surface area contributed by atoms with Crippen molar-refractivity contribution in [3.05, 3.63) is 0 Å². The van der Waals surface area contributed by atoms with Gasteiger partial charge in [0.15, 0.2) is 0 Å². The fourth-order valence-electron chi connectivity index (χ4n) is 2.41. The van der Waals surface area contributed by atoms with Crippen molar-refractivity contribution in [2.45, 2.75) is 38.5 Å². The van der Waals surface area contributed by atoms with Crippen LogP contribution < -0.4 is 5.73 Å². The largest absolute Gasteiger partial charge is 0.396 e. The number of hydrogen-bond donors (Lipinski definition) is 2. The number of rotatable bonds is 7. The molecule has 16 heavy (non-hydrogen) atoms. The topological polar surface area (TPSA) is 49.5 Å². The molecule has 1 fully saturated rings. The minimum absolute atomic E-state index is 0.333. The summed E-state index contributed by atoms with van der Waals surface area (Å²) >= 11 is 4.85. The highest BCUT2D eigenvalue weighted by atomic mass is 32.1. The number of hydrogen-bond acceptors (Lipinski definition) is 3. The second-order valence-electron chi connectivity index (χ2n) is 4.74. The zero-order valence-electron chi connectivity index (χ0n) is 10.0. The van der Waals surface area contributed by atoms with E-state index in [1.54, 1.807) is 0 Å². The molecule has 0 aromatic rings. The number of aliphatic hydroxyl groups is 1. The Hall–Kier alpha value is -0.190. The Morgan fingerprint density at radius 3 is 2.94 bits per heavy atom. The monoisotopic (exact) mass is 244 g/mol. The van der Waals surface area contributed by atoms with Crippen LogP contribution in [0.5, 0.6) is 0 Å². The van der Waals surface area contributed by atoms with Gasteiger partial charge in [-0.3, -0.25) is 0 Å². The summed E-state index contributed by atoms with van der Waals surface area (Å²) in [4.78, 5) is 3.15. The third kappa shape index (κ3) is 5.77. The number of unbranched alkanes of at least 4 members (excludes halogenated alkanes) is 1. The van der Waals surface area contributed by atoms with Crippen LogP contribution in [0.2, 0.25) is 0 Å². The average Bonchev–Trinajstić information content (AvgIpc) is 2.25. The predicted molar refractivity (Wildman–Crippen MR) is 71.5 cm³/mol. The zero-order valence-corrected chi connectivity index (χ0v) is 10.8. The first-order valence-electron chi connectivity index (χ1n) is 6.34. The summed E-state index contributed by atoms with van der Waals surface area (Å²) in [7, 11) is 0. The molecule has 0 aromatic carbocycles. The second kappa shape index (κ2) is 7.98. The van der Waals surface area contributed by atoms with E-state index in [0.29, 0.717) is 17.5 Å². The minimum Gasteiger partial charge on any atom is -0.396 e. The van der Waals surface area contributed by atoms with E-state index in [1.165, 1.54) is 25.8 Å². The second-order valence-corrected chi connectivity index (χ2v) is 5.27. The van der Waals surface area contributed by atoms with E-state index in [1.807, 2.05) is 0 Å². The molecule has 3 nitrogen and oxygen atoms in total. The van der Waals surface area contributed by atoms with Crippen molar-refractivity contribution in [3.63, 3.8) is 0 Å². The highest BCUT2D eigenvalue weighted by molar-refractivity contribution is 7.80. The normalized spacial score (nSPS) is 22.2. The third-order valence-electron chi connectivity index (χ3n) is 3.29. The Kier molecular flexibility index (Phi) is 6.92. The molecule has 1 unspecified atom stereocenters. The molecule has 0 radical (unpaired) electrons. The SMILES string of the molecule is NC(=S)CCCCN1CCCC(CCO)C1. The highest BCUT2D eigenvalue weighted by Gasteiger charge is 2.18. The first kappa shape index (κ1) is 13.9. The molecule has 0 aliphatic carbocycles. The van der Waals surface area contributed by atoms with Crippen LogP contribution in [0.1, 0.15) is 38.5 Å². The van der Waals surface area contributed by atoms with Crippen LogP contribution in [0.4, 0.5) is 0 Å². The van der Waals surface area contributed by atoms with Crippen LogP contribution in [0.15, 0.2) is 0 Å². The molecule has 1 saturated heterocycles. The maximum absolute atomic E-state index is 8.93. The van der Waals surface area contributed by atoms with Crippen molar-refractivity contribution in [2.75, 3.05) is 26.2 Å². The molecule has 0 bridgehead atoms. The van der Waals surface area contributed by atoms with Gasteiger partial charge >= 0.3 is 0 Å². The molecule has 1 aliphatic rings. The van der Waals surface area contributed by atoms with Gasteiger partial charge in [-0.2, -0.15) is 0 Å². The lowest BCUT2D eigenvalue weighted by molar-refractivity contribution is 0.146. The van der Waals surface area contributed by atoms with Crippen molar-refractivity contribution < 1.29 is 5.11 Å². The Morgan fingerprint density at radius 2 is 2.25 bits per heavy atom. The summed E-state index contributed by atoms with van der Waals surface area (Å²) in [6.07, 6.45) is 6.69. The number of aliphatic hydroxyl groups excluding tert-OH is 1. The first-order chi connectivity index (χ1) is 7.72. The predicted octanol–water partition coefficient (Wildman–Crippen LogP) is 1.54. The minimum atomic E-state index is 0.333. The van der Waals surface area contributed by atoms with Gasteiger partial charge in [0.25, 0.3) is 0 Å². The smallest absolute Gasteiger partial charge is 0.0727 e. The van der Waals surface area contributed by atoms with E-state index in [4.69, 9.17) is 23.1 Å². The van der Waals surface area contributed by atoms with E-state index in [2.05, 4.69) is 4.90 Å². The molecule has 1 heterocycles. The fraction of sp³-hybridized carbons (Fsp3) is 0.917. The van der Waals surface area contributed by atoms with Gasteiger partial charge in [0.2, 0.25) is 0 Å². The van der Waals surface area contributed by atoms with Crippen LogP contribution in [0.25, 0.3) is 0 Å². The first-order valence-corrected chi connectivity index (χ1v) is 6.74. The Balaban J connectivity index is 2.09. The van der Waals surface area contributed by atoms with Gasteiger partial charge in [0.1, 0.15) is 0 Å². The molecule has 3 N–H and O–H groups in total. The lowest BCUT2D eigenvalue weighted by Crippen LogP contribution is -2.36. The Bertz CT molecular complexity index is 209. The number of likely N-dealkylation sites (tertiary alicyclic amines) is 1. The average molecular weight is 244 g/mol. The van der Waals surface area contributed by atoms with Crippen LogP contribution in [-0.4, -0.2) is 41.2 Å². The van der Waals surface area contributed by atoms with E-state index in [-0.39, 0.29) is 0 Å². The molecule has 0 saturated carbocycles.